The summed E-state index contributed by atoms with van der Waals surface area (Å²) in [4.78, 5) is 10.4. The highest BCUT2D eigenvalue weighted by Crippen LogP contribution is 2.00. The van der Waals surface area contributed by atoms with Crippen LogP contribution in [0.5, 0.6) is 0 Å². The van der Waals surface area contributed by atoms with Gasteiger partial charge in [0.1, 0.15) is 6.61 Å². The first-order valence-electron chi connectivity index (χ1n) is 7.23. The number of rotatable bonds is 9. The molecule has 0 fully saturated rings. The fourth-order valence-corrected chi connectivity index (χ4v) is 1.30. The smallest absolute Gasteiger partial charge is 0.330 e. The molecule has 0 bridgehead atoms. The van der Waals surface area contributed by atoms with E-state index in [4.69, 9.17) is 4.74 Å². The summed E-state index contributed by atoms with van der Waals surface area (Å²) in [5, 5.41) is 0. The van der Waals surface area contributed by atoms with Crippen LogP contribution in [0.15, 0.2) is 86.5 Å². The van der Waals surface area contributed by atoms with Crippen molar-refractivity contribution in [2.75, 3.05) is 19.8 Å². The minimum atomic E-state index is -0.424. The average Bonchev–Trinajstić information content (AvgIpc) is 2.60. The lowest BCUT2D eigenvalue weighted by atomic mass is 10.2. The maximum atomic E-state index is 10.4. The molecule has 0 aliphatic rings. The van der Waals surface area contributed by atoms with Crippen molar-refractivity contribution in [3.05, 3.63) is 92.1 Å². The van der Waals surface area contributed by atoms with Gasteiger partial charge in [-0.15, -0.1) is 6.58 Å². The third-order valence-corrected chi connectivity index (χ3v) is 2.32. The molecule has 0 heterocycles. The number of carbonyl (C=O) groups is 1. The van der Waals surface area contributed by atoms with Gasteiger partial charge < -0.3 is 9.47 Å². The maximum absolute atomic E-state index is 10.4. The number of hydrogen-bond donors (Lipinski definition) is 0. The Morgan fingerprint density at radius 2 is 1.74 bits per heavy atom. The Bertz CT molecular complexity index is 513. The van der Waals surface area contributed by atoms with Gasteiger partial charge in [-0.25, -0.2) is 4.79 Å². The van der Waals surface area contributed by atoms with E-state index in [2.05, 4.69) is 42.7 Å². The summed E-state index contributed by atoms with van der Waals surface area (Å²) < 4.78 is 9.57. The quantitative estimate of drug-likeness (QED) is 0.223. The molecular weight excluding hydrogens is 288 g/mol. The van der Waals surface area contributed by atoms with Gasteiger partial charge in [0.15, 0.2) is 0 Å². The van der Waals surface area contributed by atoms with Crippen molar-refractivity contribution < 1.29 is 14.3 Å². The van der Waals surface area contributed by atoms with Crippen LogP contribution in [0.4, 0.5) is 0 Å². The van der Waals surface area contributed by atoms with Gasteiger partial charge in [-0.05, 0) is 5.56 Å². The van der Waals surface area contributed by atoms with Crippen molar-refractivity contribution in [2.45, 2.75) is 0 Å². The zero-order valence-electron chi connectivity index (χ0n) is 13.4. The Kier molecular flexibility index (Phi) is 13.9. The summed E-state index contributed by atoms with van der Waals surface area (Å²) in [6.45, 7) is 11.4. The van der Waals surface area contributed by atoms with Crippen LogP contribution < -0.4 is 0 Å². The molecule has 0 atom stereocenters. The predicted molar refractivity (Wildman–Crippen MR) is 97.0 cm³/mol. The molecule has 0 N–H and O–H groups in total. The summed E-state index contributed by atoms with van der Waals surface area (Å²) in [6.07, 6.45) is 12.4. The molecule has 1 aromatic rings. The monoisotopic (exact) mass is 312 g/mol. The molecule has 0 aliphatic carbocycles. The van der Waals surface area contributed by atoms with Crippen molar-refractivity contribution in [3.63, 3.8) is 0 Å². The lowest BCUT2D eigenvalue weighted by Gasteiger charge is -2.00. The lowest BCUT2D eigenvalue weighted by Crippen LogP contribution is -2.08. The second kappa shape index (κ2) is 15.7. The Hall–Kier alpha value is -2.65. The molecule has 0 saturated carbocycles. The molecule has 3 nitrogen and oxygen atoms in total. The molecule has 0 aliphatic heterocycles. The van der Waals surface area contributed by atoms with Crippen molar-refractivity contribution >= 4 is 12.0 Å². The molecular formula is C20H24O3. The lowest BCUT2D eigenvalue weighted by molar-refractivity contribution is -0.139. The number of ether oxygens (including phenoxy) is 2. The molecule has 0 amide bonds. The molecule has 3 heteroatoms. The Morgan fingerprint density at radius 1 is 1.00 bits per heavy atom. The maximum Gasteiger partial charge on any atom is 0.330 e. The predicted octanol–water partition coefficient (Wildman–Crippen LogP) is 4.36. The Morgan fingerprint density at radius 3 is 2.35 bits per heavy atom. The van der Waals surface area contributed by atoms with Gasteiger partial charge in [-0.3, -0.25) is 0 Å². The normalized spacial score (nSPS) is 9.91. The third kappa shape index (κ3) is 14.1. The second-order valence-corrected chi connectivity index (χ2v) is 4.13. The largest absolute Gasteiger partial charge is 0.460 e. The fourth-order valence-electron chi connectivity index (χ4n) is 1.30. The number of allylic oxidation sites excluding steroid dienone is 4. The third-order valence-electron chi connectivity index (χ3n) is 2.32. The van der Waals surface area contributed by atoms with Crippen LogP contribution in [0.3, 0.4) is 0 Å². The van der Waals surface area contributed by atoms with E-state index in [1.807, 2.05) is 36.4 Å². The van der Waals surface area contributed by atoms with E-state index < -0.39 is 5.97 Å². The molecule has 23 heavy (non-hydrogen) atoms. The fraction of sp³-hybridized carbons (Fsp3) is 0.150. The van der Waals surface area contributed by atoms with Crippen LogP contribution in [0.25, 0.3) is 6.08 Å². The van der Waals surface area contributed by atoms with Gasteiger partial charge in [0.2, 0.25) is 0 Å². The minimum Gasteiger partial charge on any atom is -0.460 e. The summed E-state index contributed by atoms with van der Waals surface area (Å²) in [7, 11) is 0. The topological polar surface area (TPSA) is 35.5 Å². The van der Waals surface area contributed by atoms with Crippen LogP contribution in [-0.2, 0) is 14.3 Å². The van der Waals surface area contributed by atoms with Crippen LogP contribution in [0, 0.1) is 0 Å². The highest BCUT2D eigenvalue weighted by Gasteiger charge is 1.92. The SMILES string of the molecule is C=CC=CC=Cc1ccccc1.C=CCOCCOC(=O)C=C. The zero-order valence-corrected chi connectivity index (χ0v) is 13.4. The van der Waals surface area contributed by atoms with Crippen LogP contribution in [0.1, 0.15) is 5.56 Å². The molecule has 0 spiro atoms. The molecule has 1 aromatic carbocycles. The molecule has 122 valence electrons. The van der Waals surface area contributed by atoms with Crippen molar-refractivity contribution in [1.29, 1.82) is 0 Å². The highest BCUT2D eigenvalue weighted by atomic mass is 16.6. The Balaban J connectivity index is 0.000000423. The van der Waals surface area contributed by atoms with Gasteiger partial charge in [-0.1, -0.05) is 79.9 Å². The zero-order chi connectivity index (χ0) is 17.2. The molecule has 0 radical (unpaired) electrons. The van der Waals surface area contributed by atoms with E-state index in [-0.39, 0.29) is 6.61 Å². The van der Waals surface area contributed by atoms with E-state index in [1.54, 1.807) is 12.2 Å². The van der Waals surface area contributed by atoms with E-state index in [0.29, 0.717) is 13.2 Å². The van der Waals surface area contributed by atoms with Crippen LogP contribution >= 0.6 is 0 Å². The summed E-state index contributed by atoms with van der Waals surface area (Å²) in [6, 6.07) is 10.2. The van der Waals surface area contributed by atoms with E-state index in [0.717, 1.165) is 6.08 Å². The number of carbonyl (C=O) groups excluding carboxylic acids is 1. The average molecular weight is 312 g/mol. The van der Waals surface area contributed by atoms with Crippen molar-refractivity contribution in [3.8, 4) is 0 Å². The van der Waals surface area contributed by atoms with Crippen molar-refractivity contribution in [2.24, 2.45) is 0 Å². The summed E-state index contributed by atoms with van der Waals surface area (Å²) in [5.74, 6) is -0.424. The number of esters is 1. The van der Waals surface area contributed by atoms with Gasteiger partial charge in [0.05, 0.1) is 13.2 Å². The van der Waals surface area contributed by atoms with Gasteiger partial charge >= 0.3 is 5.97 Å². The number of hydrogen-bond acceptors (Lipinski definition) is 3. The molecule has 0 unspecified atom stereocenters. The van der Waals surface area contributed by atoms with E-state index >= 15 is 0 Å². The van der Waals surface area contributed by atoms with Crippen LogP contribution in [-0.4, -0.2) is 25.8 Å². The van der Waals surface area contributed by atoms with E-state index in [9.17, 15) is 4.79 Å². The molecule has 0 aromatic heterocycles. The Labute approximate surface area is 138 Å². The number of benzene rings is 1. The summed E-state index contributed by atoms with van der Waals surface area (Å²) >= 11 is 0. The van der Waals surface area contributed by atoms with Crippen LogP contribution in [0.2, 0.25) is 0 Å². The van der Waals surface area contributed by atoms with Gasteiger partial charge in [-0.2, -0.15) is 0 Å². The molecule has 1 rings (SSSR count). The van der Waals surface area contributed by atoms with Gasteiger partial charge in [0, 0.05) is 6.08 Å². The molecule has 0 saturated heterocycles. The van der Waals surface area contributed by atoms with Gasteiger partial charge in [0.25, 0.3) is 0 Å². The van der Waals surface area contributed by atoms with E-state index in [1.165, 1.54) is 5.56 Å². The first kappa shape index (κ1) is 20.3. The second-order valence-electron chi connectivity index (χ2n) is 4.13. The van der Waals surface area contributed by atoms with Crippen molar-refractivity contribution in [1.82, 2.24) is 0 Å². The summed E-state index contributed by atoms with van der Waals surface area (Å²) in [5.41, 5.74) is 1.21. The minimum absolute atomic E-state index is 0.263. The highest BCUT2D eigenvalue weighted by molar-refractivity contribution is 5.81. The standard InChI is InChI=1S/C12H12.C8H12O3/c1-2-3-4-6-9-12-10-7-5-8-11-12;1-3-5-10-6-7-11-8(9)4-2/h2-11H,1H2;3-4H,1-2,5-7H2. The first-order valence-corrected chi connectivity index (χ1v) is 7.23. The first-order chi connectivity index (χ1) is 11.2.